The van der Waals surface area contributed by atoms with Crippen LogP contribution in [-0.4, -0.2) is 99.7 Å². The summed E-state index contributed by atoms with van der Waals surface area (Å²) in [5.74, 6) is 1.71. The monoisotopic (exact) mass is 584 g/mol. The molecule has 8 aliphatic rings. The molecule has 4 aliphatic carbocycles. The van der Waals surface area contributed by atoms with Crippen LogP contribution in [0, 0.1) is 11.8 Å². The van der Waals surface area contributed by atoms with Crippen LogP contribution in [-0.2, 0) is 17.3 Å². The number of ether oxygens (including phenoxy) is 2. The van der Waals surface area contributed by atoms with Gasteiger partial charge < -0.3 is 34.8 Å². The molecule has 4 aliphatic heterocycles. The van der Waals surface area contributed by atoms with Crippen LogP contribution < -0.4 is 9.47 Å². The first kappa shape index (κ1) is 26.1. The highest BCUT2D eigenvalue weighted by Crippen LogP contribution is 2.63. The van der Waals surface area contributed by atoms with E-state index in [2.05, 4.69) is 22.9 Å². The summed E-state index contributed by atoms with van der Waals surface area (Å²) in [7, 11) is 4.17. The van der Waals surface area contributed by atoms with E-state index in [-0.39, 0.29) is 40.8 Å². The van der Waals surface area contributed by atoms with Crippen LogP contribution in [0.5, 0.6) is 23.0 Å². The van der Waals surface area contributed by atoms with Gasteiger partial charge in [-0.15, -0.1) is 0 Å². The van der Waals surface area contributed by atoms with Gasteiger partial charge in [-0.3, -0.25) is 9.69 Å². The van der Waals surface area contributed by atoms with Crippen LogP contribution in [0.1, 0.15) is 39.9 Å². The number of rotatable bonds is 0. The smallest absolute Gasteiger partial charge is 0.181 e. The molecule has 4 N–H and O–H groups in total. The summed E-state index contributed by atoms with van der Waals surface area (Å²) >= 11 is 0. The minimum absolute atomic E-state index is 0.0114. The molecule has 4 bridgehead atoms. The lowest BCUT2D eigenvalue weighted by molar-refractivity contribution is -0.0453. The second-order valence-corrected chi connectivity index (χ2v) is 13.8. The number of hydrogen-bond acceptors (Lipinski definition) is 9. The molecule has 0 aromatic heterocycles. The number of carbonyl (C=O) groups excluding carboxylic acids is 1. The lowest BCUT2D eigenvalue weighted by atomic mass is 9.53. The fourth-order valence-electron chi connectivity index (χ4n) is 10.3. The number of phenolic OH excluding ortho intramolecular Hbond substituents is 2. The van der Waals surface area contributed by atoms with Gasteiger partial charge in [0.05, 0.1) is 6.04 Å². The number of aliphatic hydroxyl groups is 2. The van der Waals surface area contributed by atoms with Crippen molar-refractivity contribution >= 4 is 5.78 Å². The van der Waals surface area contributed by atoms with Crippen molar-refractivity contribution in [2.24, 2.45) is 11.8 Å². The molecule has 0 amide bonds. The number of nitrogens with zero attached hydrogens (tertiary/aromatic N) is 2. The quantitative estimate of drug-likeness (QED) is 0.345. The zero-order valence-electron chi connectivity index (χ0n) is 24.2. The second-order valence-electron chi connectivity index (χ2n) is 13.8. The van der Waals surface area contributed by atoms with Crippen LogP contribution in [0.2, 0.25) is 0 Å². The number of likely N-dealkylation sites (N-methyl/N-ethyl adjacent to an activating group) is 2. The van der Waals surface area contributed by atoms with E-state index in [1.807, 2.05) is 25.3 Å². The molecule has 2 aromatic rings. The molecular formula is C34H36N2O7. The molecule has 0 saturated carbocycles. The average molecular weight is 585 g/mol. The van der Waals surface area contributed by atoms with E-state index in [9.17, 15) is 25.2 Å². The van der Waals surface area contributed by atoms with E-state index < -0.39 is 23.7 Å². The third-order valence-corrected chi connectivity index (χ3v) is 12.2. The van der Waals surface area contributed by atoms with Gasteiger partial charge in [0.1, 0.15) is 24.4 Å². The first-order valence-electron chi connectivity index (χ1n) is 15.4. The van der Waals surface area contributed by atoms with Crippen molar-refractivity contribution in [3.8, 4) is 23.0 Å². The predicted molar refractivity (Wildman–Crippen MR) is 156 cm³/mol. The number of benzene rings is 2. The molecule has 10 atom stereocenters. The van der Waals surface area contributed by atoms with E-state index in [1.165, 1.54) is 17.2 Å². The van der Waals surface area contributed by atoms with Crippen molar-refractivity contribution in [2.45, 2.75) is 66.6 Å². The van der Waals surface area contributed by atoms with E-state index >= 15 is 0 Å². The summed E-state index contributed by atoms with van der Waals surface area (Å²) in [4.78, 5) is 17.5. The maximum atomic E-state index is 13.0. The Morgan fingerprint density at radius 3 is 2.05 bits per heavy atom. The molecule has 224 valence electrons. The highest BCUT2D eigenvalue weighted by molar-refractivity contribution is 6.05. The Bertz CT molecular complexity index is 1650. The van der Waals surface area contributed by atoms with Gasteiger partial charge >= 0.3 is 0 Å². The SMILES string of the molecule is CN1CC[C@]23c4c5ccc(O)c4O[C@H]2[C@@H](O)C=C[C@H]3[C@H]1C5.CN1CC[C@]23c4c5ccc(O)c4O[C@H]2[C@@H](O)C=C[C@H]3[C@H]1C5=O. The number of Topliss-reactive ketones (excluding diaryl/α,β-unsaturated/α-hetero) is 1. The van der Waals surface area contributed by atoms with Gasteiger partial charge in [-0.05, 0) is 70.2 Å². The molecule has 4 heterocycles. The first-order chi connectivity index (χ1) is 20.7. The standard InChI is InChI=1S/C17H17NO4.C17H19NO3/c1-18-7-6-17-9-3-5-11(20)16(17)22-15-10(19)4-2-8(12(15)17)14(21)13(9)18;1-18-7-6-17-10-3-5-13(20)16(17)21-15-12(19)4-2-9(14(15)17)8-11(10)18/h2-5,9,11,13,16,19-20H,6-7H2,1H3;2-5,10-11,13,16,19-20H,6-8H2,1H3/t9-,11-,13-,16-,17-;10-,11+,13-,16-,17-/m00/s1. The predicted octanol–water partition coefficient (Wildman–Crippen LogP) is 2.04. The van der Waals surface area contributed by atoms with Gasteiger partial charge in [-0.1, -0.05) is 30.4 Å². The molecule has 43 heavy (non-hydrogen) atoms. The lowest BCUT2D eigenvalue weighted by Crippen LogP contribution is -2.66. The van der Waals surface area contributed by atoms with Crippen molar-refractivity contribution in [3.63, 3.8) is 0 Å². The minimum Gasteiger partial charge on any atom is -0.504 e. The van der Waals surface area contributed by atoms with Crippen molar-refractivity contribution in [3.05, 3.63) is 70.8 Å². The molecular weight excluding hydrogens is 548 g/mol. The zero-order chi connectivity index (χ0) is 29.6. The highest BCUT2D eigenvalue weighted by atomic mass is 16.5. The number of aromatic hydroxyl groups is 2. The van der Waals surface area contributed by atoms with E-state index in [1.54, 1.807) is 18.2 Å². The van der Waals surface area contributed by atoms with Gasteiger partial charge in [0.2, 0.25) is 0 Å². The van der Waals surface area contributed by atoms with Gasteiger partial charge in [-0.2, -0.15) is 0 Å². The fourth-order valence-corrected chi connectivity index (χ4v) is 10.3. The third kappa shape index (κ3) is 2.95. The Labute approximate surface area is 249 Å². The normalized spacial score (nSPS) is 41.9. The van der Waals surface area contributed by atoms with Gasteiger partial charge in [-0.25, -0.2) is 0 Å². The van der Waals surface area contributed by atoms with Crippen LogP contribution in [0.3, 0.4) is 0 Å². The molecule has 2 spiro atoms. The van der Waals surface area contributed by atoms with Crippen molar-refractivity contribution in [1.29, 1.82) is 0 Å². The fraction of sp³-hybridized carbons (Fsp3) is 0.500. The molecule has 2 aromatic carbocycles. The van der Waals surface area contributed by atoms with Crippen LogP contribution in [0.4, 0.5) is 0 Å². The molecule has 10 rings (SSSR count). The maximum absolute atomic E-state index is 13.0. The molecule has 0 radical (unpaired) electrons. The van der Waals surface area contributed by atoms with E-state index in [0.29, 0.717) is 29.0 Å². The zero-order valence-corrected chi connectivity index (χ0v) is 24.2. The number of likely N-dealkylation sites (tertiary alicyclic amines) is 2. The molecule has 9 nitrogen and oxygen atoms in total. The number of carbonyl (C=O) groups is 1. The van der Waals surface area contributed by atoms with Crippen molar-refractivity contribution in [2.75, 3.05) is 27.2 Å². The maximum Gasteiger partial charge on any atom is 0.181 e. The van der Waals surface area contributed by atoms with Crippen molar-refractivity contribution in [1.82, 2.24) is 9.80 Å². The van der Waals surface area contributed by atoms with Crippen LogP contribution in [0.15, 0.2) is 48.6 Å². The topological polar surface area (TPSA) is 123 Å². The summed E-state index contributed by atoms with van der Waals surface area (Å²) < 4.78 is 12.1. The van der Waals surface area contributed by atoms with E-state index in [0.717, 1.165) is 37.9 Å². The molecule has 9 heteroatoms. The van der Waals surface area contributed by atoms with Crippen LogP contribution >= 0.6 is 0 Å². The number of piperidine rings is 2. The number of phenols is 2. The Hall–Kier alpha value is -3.37. The first-order valence-corrected chi connectivity index (χ1v) is 15.4. The summed E-state index contributed by atoms with van der Waals surface area (Å²) in [5, 5.41) is 41.3. The average Bonchev–Trinajstić information content (AvgIpc) is 3.54. The van der Waals surface area contributed by atoms with Crippen molar-refractivity contribution < 1.29 is 34.7 Å². The van der Waals surface area contributed by atoms with Crippen LogP contribution in [0.25, 0.3) is 0 Å². The Morgan fingerprint density at radius 2 is 1.35 bits per heavy atom. The van der Waals surface area contributed by atoms with E-state index in [4.69, 9.17) is 9.47 Å². The van der Waals surface area contributed by atoms with Gasteiger partial charge in [0.15, 0.2) is 28.8 Å². The lowest BCUT2D eigenvalue weighted by Gasteiger charge is -2.56. The Morgan fingerprint density at radius 1 is 0.767 bits per heavy atom. The van der Waals surface area contributed by atoms with Gasteiger partial charge in [0.25, 0.3) is 0 Å². The minimum atomic E-state index is -0.715. The third-order valence-electron chi connectivity index (χ3n) is 12.2. The highest BCUT2D eigenvalue weighted by Gasteiger charge is 2.67. The summed E-state index contributed by atoms with van der Waals surface area (Å²) in [6, 6.07) is 7.24. The van der Waals surface area contributed by atoms with Gasteiger partial charge in [0, 0.05) is 45.4 Å². The summed E-state index contributed by atoms with van der Waals surface area (Å²) in [5.41, 5.74) is 3.35. The Kier molecular flexibility index (Phi) is 5.10. The number of aliphatic hydroxyl groups excluding tert-OH is 2. The number of hydrogen-bond donors (Lipinski definition) is 4. The molecule has 2 fully saturated rings. The molecule has 2 saturated heterocycles. The number of ketones is 1. The Balaban J connectivity index is 0.000000121. The summed E-state index contributed by atoms with van der Waals surface area (Å²) in [6.07, 6.45) is 8.57. The second kappa shape index (κ2) is 8.41. The molecule has 0 unspecified atom stereocenters. The largest absolute Gasteiger partial charge is 0.504 e. The summed E-state index contributed by atoms with van der Waals surface area (Å²) in [6.45, 7) is 1.79.